The molecule has 2 aliphatic rings. The zero-order chi connectivity index (χ0) is 13.0. The second-order valence-corrected chi connectivity index (χ2v) is 5.23. The number of nitrogens with zero attached hydrogens (tertiary/aromatic N) is 2. The number of nitrogens with one attached hydrogen (secondary N) is 1. The van der Waals surface area contributed by atoms with Gasteiger partial charge in [-0.1, -0.05) is 6.92 Å². The Morgan fingerprint density at radius 3 is 3.00 bits per heavy atom. The second kappa shape index (κ2) is 6.50. The predicted molar refractivity (Wildman–Crippen MR) is 70.5 cm³/mol. The molecule has 2 unspecified atom stereocenters. The summed E-state index contributed by atoms with van der Waals surface area (Å²) in [7, 11) is 1.46. The Hall–Kier alpha value is -0.650. The molecule has 2 rings (SSSR count). The zero-order valence-electron chi connectivity index (χ0n) is 11.5. The molecule has 0 saturated carbocycles. The Balaban J connectivity index is 1.85. The first kappa shape index (κ1) is 13.8. The van der Waals surface area contributed by atoms with E-state index in [1.807, 2.05) is 6.92 Å². The van der Waals surface area contributed by atoms with E-state index < -0.39 is 0 Å². The van der Waals surface area contributed by atoms with Crippen LogP contribution in [0.25, 0.3) is 0 Å². The largest absolute Gasteiger partial charge is 0.468 e. The van der Waals surface area contributed by atoms with Crippen molar-refractivity contribution in [2.45, 2.75) is 31.8 Å². The molecule has 0 aromatic carbocycles. The summed E-state index contributed by atoms with van der Waals surface area (Å²) < 4.78 is 4.85. The molecule has 0 aromatic heterocycles. The topological polar surface area (TPSA) is 44.8 Å². The number of carbonyl (C=O) groups is 1. The van der Waals surface area contributed by atoms with Crippen LogP contribution in [-0.4, -0.2) is 74.2 Å². The van der Waals surface area contributed by atoms with E-state index in [-0.39, 0.29) is 12.0 Å². The summed E-state index contributed by atoms with van der Waals surface area (Å²) in [6.45, 7) is 8.14. The van der Waals surface area contributed by atoms with E-state index in [2.05, 4.69) is 15.1 Å². The molecule has 2 heterocycles. The molecule has 2 aliphatic heterocycles. The lowest BCUT2D eigenvalue weighted by atomic mass is 10.1. The number of hydrogen-bond acceptors (Lipinski definition) is 5. The Kier molecular flexibility index (Phi) is 4.97. The molecule has 0 aromatic rings. The number of rotatable bonds is 5. The Labute approximate surface area is 109 Å². The van der Waals surface area contributed by atoms with Crippen molar-refractivity contribution in [2.75, 3.05) is 46.4 Å². The van der Waals surface area contributed by atoms with Gasteiger partial charge in [-0.05, 0) is 25.9 Å². The third kappa shape index (κ3) is 3.22. The summed E-state index contributed by atoms with van der Waals surface area (Å²) in [4.78, 5) is 16.7. The highest BCUT2D eigenvalue weighted by Gasteiger charge is 2.32. The highest BCUT2D eigenvalue weighted by molar-refractivity contribution is 5.75. The average molecular weight is 255 g/mol. The fourth-order valence-electron chi connectivity index (χ4n) is 3.09. The third-order valence-corrected chi connectivity index (χ3v) is 4.05. The van der Waals surface area contributed by atoms with Crippen LogP contribution in [0.4, 0.5) is 0 Å². The van der Waals surface area contributed by atoms with E-state index in [4.69, 9.17) is 4.74 Å². The minimum atomic E-state index is -0.187. The summed E-state index contributed by atoms with van der Waals surface area (Å²) in [6.07, 6.45) is 2.63. The van der Waals surface area contributed by atoms with Crippen LogP contribution in [0.15, 0.2) is 0 Å². The van der Waals surface area contributed by atoms with Gasteiger partial charge >= 0.3 is 5.97 Å². The van der Waals surface area contributed by atoms with E-state index in [1.165, 1.54) is 26.5 Å². The molecule has 104 valence electrons. The summed E-state index contributed by atoms with van der Waals surface area (Å²) in [5.74, 6) is -0.147. The van der Waals surface area contributed by atoms with Crippen LogP contribution in [-0.2, 0) is 9.53 Å². The van der Waals surface area contributed by atoms with Crippen LogP contribution in [0.3, 0.4) is 0 Å². The minimum Gasteiger partial charge on any atom is -0.468 e. The summed E-state index contributed by atoms with van der Waals surface area (Å²) in [6, 6.07) is 0.520. The third-order valence-electron chi connectivity index (χ3n) is 4.05. The van der Waals surface area contributed by atoms with Gasteiger partial charge in [0.1, 0.15) is 6.04 Å². The summed E-state index contributed by atoms with van der Waals surface area (Å²) >= 11 is 0. The highest BCUT2D eigenvalue weighted by atomic mass is 16.5. The molecule has 5 nitrogen and oxygen atoms in total. The van der Waals surface area contributed by atoms with E-state index >= 15 is 0 Å². The van der Waals surface area contributed by atoms with E-state index in [9.17, 15) is 4.79 Å². The first-order valence-electron chi connectivity index (χ1n) is 7.02. The monoisotopic (exact) mass is 255 g/mol. The first-order chi connectivity index (χ1) is 8.74. The average Bonchev–Trinajstić information content (AvgIpc) is 2.84. The number of esters is 1. The number of ether oxygens (including phenoxy) is 1. The fourth-order valence-corrected chi connectivity index (χ4v) is 3.09. The summed E-state index contributed by atoms with van der Waals surface area (Å²) in [5, 5.41) is 3.21. The molecule has 0 spiro atoms. The molecule has 0 bridgehead atoms. The molecular weight excluding hydrogens is 230 g/mol. The Morgan fingerprint density at radius 1 is 1.44 bits per heavy atom. The summed E-state index contributed by atoms with van der Waals surface area (Å²) in [5.41, 5.74) is 0. The van der Waals surface area contributed by atoms with Crippen molar-refractivity contribution in [2.24, 2.45) is 0 Å². The van der Waals surface area contributed by atoms with Gasteiger partial charge in [0.05, 0.1) is 7.11 Å². The number of hydrogen-bond donors (Lipinski definition) is 1. The van der Waals surface area contributed by atoms with Crippen LogP contribution in [0, 0.1) is 0 Å². The predicted octanol–water partition coefficient (Wildman–Crippen LogP) is -0.0825. The molecule has 2 atom stereocenters. The van der Waals surface area contributed by atoms with Gasteiger partial charge in [-0.25, -0.2) is 0 Å². The van der Waals surface area contributed by atoms with Crippen molar-refractivity contribution < 1.29 is 9.53 Å². The van der Waals surface area contributed by atoms with Crippen molar-refractivity contribution in [1.82, 2.24) is 15.1 Å². The lowest BCUT2D eigenvalue weighted by Gasteiger charge is -2.38. The molecule has 2 saturated heterocycles. The number of piperazine rings is 1. The van der Waals surface area contributed by atoms with Crippen molar-refractivity contribution in [3.63, 3.8) is 0 Å². The van der Waals surface area contributed by atoms with Crippen molar-refractivity contribution in [3.05, 3.63) is 0 Å². The van der Waals surface area contributed by atoms with Crippen LogP contribution >= 0.6 is 0 Å². The van der Waals surface area contributed by atoms with Gasteiger partial charge in [0.15, 0.2) is 0 Å². The molecule has 0 aliphatic carbocycles. The molecule has 0 amide bonds. The van der Waals surface area contributed by atoms with Gasteiger partial charge in [0.25, 0.3) is 0 Å². The molecular formula is C13H25N3O2. The van der Waals surface area contributed by atoms with Gasteiger partial charge in [-0.3, -0.25) is 14.6 Å². The fraction of sp³-hybridized carbons (Fsp3) is 0.923. The first-order valence-corrected chi connectivity index (χ1v) is 7.02. The number of likely N-dealkylation sites (N-methyl/N-ethyl adjacent to an activating group) is 1. The van der Waals surface area contributed by atoms with E-state index in [0.717, 1.165) is 32.7 Å². The lowest BCUT2D eigenvalue weighted by Crippen LogP contribution is -2.55. The molecule has 5 heteroatoms. The number of fused-ring (bicyclic) bond motifs is 1. The van der Waals surface area contributed by atoms with Gasteiger partial charge < -0.3 is 10.1 Å². The SMILES string of the molecule is CCNC(CN1CCN2CCCC2C1)C(=O)OC. The number of methoxy groups -OCH3 is 1. The van der Waals surface area contributed by atoms with Gasteiger partial charge in [0.2, 0.25) is 0 Å². The maximum absolute atomic E-state index is 11.7. The Morgan fingerprint density at radius 2 is 2.28 bits per heavy atom. The molecule has 1 N–H and O–H groups in total. The van der Waals surface area contributed by atoms with Crippen LogP contribution < -0.4 is 5.32 Å². The second-order valence-electron chi connectivity index (χ2n) is 5.23. The van der Waals surface area contributed by atoms with E-state index in [1.54, 1.807) is 0 Å². The molecule has 2 fully saturated rings. The van der Waals surface area contributed by atoms with E-state index in [0.29, 0.717) is 6.04 Å². The van der Waals surface area contributed by atoms with Gasteiger partial charge in [-0.15, -0.1) is 0 Å². The van der Waals surface area contributed by atoms with Gasteiger partial charge in [-0.2, -0.15) is 0 Å². The van der Waals surface area contributed by atoms with Gasteiger partial charge in [0, 0.05) is 32.2 Å². The maximum Gasteiger partial charge on any atom is 0.324 e. The minimum absolute atomic E-state index is 0.147. The molecule has 0 radical (unpaired) electrons. The quantitative estimate of drug-likeness (QED) is 0.696. The normalized spacial score (nSPS) is 26.9. The van der Waals surface area contributed by atoms with Crippen molar-refractivity contribution in [1.29, 1.82) is 0 Å². The smallest absolute Gasteiger partial charge is 0.324 e. The number of carbonyl (C=O) groups excluding carboxylic acids is 1. The maximum atomic E-state index is 11.7. The van der Waals surface area contributed by atoms with Crippen molar-refractivity contribution in [3.8, 4) is 0 Å². The zero-order valence-corrected chi connectivity index (χ0v) is 11.5. The van der Waals surface area contributed by atoms with Crippen LogP contribution in [0.2, 0.25) is 0 Å². The lowest BCUT2D eigenvalue weighted by molar-refractivity contribution is -0.143. The van der Waals surface area contributed by atoms with Crippen LogP contribution in [0.1, 0.15) is 19.8 Å². The molecule has 18 heavy (non-hydrogen) atoms. The highest BCUT2D eigenvalue weighted by Crippen LogP contribution is 2.21. The Bertz CT molecular complexity index is 285. The van der Waals surface area contributed by atoms with Crippen LogP contribution in [0.5, 0.6) is 0 Å². The van der Waals surface area contributed by atoms with Crippen molar-refractivity contribution >= 4 is 5.97 Å². The standard InChI is InChI=1S/C13H25N3O2/c1-3-14-12(13(17)18-2)10-15-7-8-16-6-4-5-11(16)9-15/h11-12,14H,3-10H2,1-2H3.